The Labute approximate surface area is 96.4 Å². The zero-order valence-electron chi connectivity index (χ0n) is 9.66. The van der Waals surface area contributed by atoms with E-state index in [2.05, 4.69) is 30.7 Å². The predicted octanol–water partition coefficient (Wildman–Crippen LogP) is 2.82. The van der Waals surface area contributed by atoms with Crippen molar-refractivity contribution in [3.63, 3.8) is 0 Å². The van der Waals surface area contributed by atoms with Gasteiger partial charge in [-0.2, -0.15) is 11.3 Å². The van der Waals surface area contributed by atoms with Gasteiger partial charge in [0.1, 0.15) is 0 Å². The first-order valence-electron chi connectivity index (χ1n) is 5.58. The molecule has 86 valence electrons. The second-order valence-electron chi connectivity index (χ2n) is 4.00. The maximum atomic E-state index is 6.13. The topological polar surface area (TPSA) is 35.2 Å². The van der Waals surface area contributed by atoms with Crippen LogP contribution in [0.4, 0.5) is 0 Å². The zero-order chi connectivity index (χ0) is 11.1. The molecule has 0 unspecified atom stereocenters. The van der Waals surface area contributed by atoms with Gasteiger partial charge in [-0.15, -0.1) is 0 Å². The summed E-state index contributed by atoms with van der Waals surface area (Å²) in [5.74, 6) is 0. The minimum Gasteiger partial charge on any atom is -0.379 e. The Bertz CT molecular complexity index is 255. The molecule has 1 aromatic heterocycles. The fourth-order valence-electron chi connectivity index (χ4n) is 1.35. The third-order valence-corrected chi connectivity index (χ3v) is 3.64. The molecule has 15 heavy (non-hydrogen) atoms. The van der Waals surface area contributed by atoms with Crippen LogP contribution in [0.5, 0.6) is 0 Å². The molecule has 0 fully saturated rings. The first kappa shape index (κ1) is 12.7. The van der Waals surface area contributed by atoms with Crippen LogP contribution < -0.4 is 5.73 Å². The lowest BCUT2D eigenvalue weighted by atomic mass is 9.96. The summed E-state index contributed by atoms with van der Waals surface area (Å²) in [6.45, 7) is 5.68. The van der Waals surface area contributed by atoms with E-state index in [-0.39, 0.29) is 5.54 Å². The van der Waals surface area contributed by atoms with Gasteiger partial charge < -0.3 is 10.5 Å². The third kappa shape index (κ3) is 4.33. The van der Waals surface area contributed by atoms with E-state index in [1.165, 1.54) is 5.56 Å². The molecule has 0 aliphatic carbocycles. The Morgan fingerprint density at radius 1 is 1.40 bits per heavy atom. The highest BCUT2D eigenvalue weighted by Gasteiger charge is 2.19. The van der Waals surface area contributed by atoms with Crippen LogP contribution in [-0.2, 0) is 11.2 Å². The number of hydrogen-bond acceptors (Lipinski definition) is 3. The van der Waals surface area contributed by atoms with Crippen LogP contribution in [0.1, 0.15) is 32.3 Å². The van der Waals surface area contributed by atoms with Crippen LogP contribution in [0, 0.1) is 0 Å². The van der Waals surface area contributed by atoms with Crippen molar-refractivity contribution in [3.05, 3.63) is 22.4 Å². The standard InChI is InChI=1S/C12H21NOS/c1-3-12(13,4-2)10-14-7-5-11-6-8-15-9-11/h6,8-9H,3-5,7,10,13H2,1-2H3. The van der Waals surface area contributed by atoms with Crippen molar-refractivity contribution in [1.29, 1.82) is 0 Å². The van der Waals surface area contributed by atoms with Crippen molar-refractivity contribution in [1.82, 2.24) is 0 Å². The molecule has 0 saturated heterocycles. The molecule has 2 N–H and O–H groups in total. The summed E-state index contributed by atoms with van der Waals surface area (Å²) in [5.41, 5.74) is 7.36. The number of nitrogens with two attached hydrogens (primary N) is 1. The number of rotatable bonds is 7. The first-order chi connectivity index (χ1) is 7.20. The summed E-state index contributed by atoms with van der Waals surface area (Å²) < 4.78 is 5.63. The molecule has 1 heterocycles. The lowest BCUT2D eigenvalue weighted by molar-refractivity contribution is 0.0832. The Balaban J connectivity index is 2.16. The van der Waals surface area contributed by atoms with Gasteiger partial charge in [0.05, 0.1) is 13.2 Å². The lowest BCUT2D eigenvalue weighted by Crippen LogP contribution is -2.43. The second-order valence-corrected chi connectivity index (χ2v) is 4.78. The van der Waals surface area contributed by atoms with Crippen molar-refractivity contribution in [3.8, 4) is 0 Å². The van der Waals surface area contributed by atoms with Crippen molar-refractivity contribution in [2.75, 3.05) is 13.2 Å². The Morgan fingerprint density at radius 2 is 2.13 bits per heavy atom. The predicted molar refractivity (Wildman–Crippen MR) is 66.3 cm³/mol. The minimum absolute atomic E-state index is 0.130. The van der Waals surface area contributed by atoms with Gasteiger partial charge in [0.25, 0.3) is 0 Å². The van der Waals surface area contributed by atoms with Crippen molar-refractivity contribution in [2.45, 2.75) is 38.6 Å². The summed E-state index contributed by atoms with van der Waals surface area (Å²) in [5, 5.41) is 4.26. The van der Waals surface area contributed by atoms with Crippen LogP contribution in [-0.4, -0.2) is 18.8 Å². The van der Waals surface area contributed by atoms with E-state index in [0.717, 1.165) is 25.9 Å². The van der Waals surface area contributed by atoms with Gasteiger partial charge in [0.15, 0.2) is 0 Å². The highest BCUT2D eigenvalue weighted by molar-refractivity contribution is 7.07. The van der Waals surface area contributed by atoms with Crippen LogP contribution in [0.15, 0.2) is 16.8 Å². The monoisotopic (exact) mass is 227 g/mol. The van der Waals surface area contributed by atoms with E-state index in [1.807, 2.05) is 0 Å². The highest BCUT2D eigenvalue weighted by atomic mass is 32.1. The molecule has 0 bridgehead atoms. The van der Waals surface area contributed by atoms with Crippen molar-refractivity contribution < 1.29 is 4.74 Å². The van der Waals surface area contributed by atoms with E-state index >= 15 is 0 Å². The van der Waals surface area contributed by atoms with E-state index in [1.54, 1.807) is 11.3 Å². The second kappa shape index (κ2) is 6.26. The molecule has 0 aliphatic heterocycles. The Morgan fingerprint density at radius 3 is 2.67 bits per heavy atom. The molecule has 0 aromatic carbocycles. The molecule has 0 saturated carbocycles. The SMILES string of the molecule is CCC(N)(CC)COCCc1ccsc1. The van der Waals surface area contributed by atoms with Gasteiger partial charge in [-0.3, -0.25) is 0 Å². The molecule has 1 aromatic rings. The lowest BCUT2D eigenvalue weighted by Gasteiger charge is -2.26. The van der Waals surface area contributed by atoms with Crippen LogP contribution in [0.2, 0.25) is 0 Å². The van der Waals surface area contributed by atoms with Crippen LogP contribution >= 0.6 is 11.3 Å². The molecule has 0 aliphatic rings. The van der Waals surface area contributed by atoms with Gasteiger partial charge in [0.2, 0.25) is 0 Å². The summed E-state index contributed by atoms with van der Waals surface area (Å²) >= 11 is 1.73. The summed E-state index contributed by atoms with van der Waals surface area (Å²) in [7, 11) is 0. The Kier molecular flexibility index (Phi) is 5.29. The minimum atomic E-state index is -0.130. The van der Waals surface area contributed by atoms with E-state index < -0.39 is 0 Å². The first-order valence-corrected chi connectivity index (χ1v) is 6.52. The van der Waals surface area contributed by atoms with Gasteiger partial charge in [-0.05, 0) is 41.7 Å². The fourth-order valence-corrected chi connectivity index (χ4v) is 2.06. The highest BCUT2D eigenvalue weighted by Crippen LogP contribution is 2.12. The van der Waals surface area contributed by atoms with Crippen LogP contribution in [0.25, 0.3) is 0 Å². The average Bonchev–Trinajstić information content (AvgIpc) is 2.77. The van der Waals surface area contributed by atoms with Gasteiger partial charge in [0, 0.05) is 5.54 Å². The molecule has 0 atom stereocenters. The molecule has 0 spiro atoms. The maximum Gasteiger partial charge on any atom is 0.0646 e. The normalized spacial score (nSPS) is 11.9. The largest absolute Gasteiger partial charge is 0.379 e. The zero-order valence-corrected chi connectivity index (χ0v) is 10.5. The number of hydrogen-bond donors (Lipinski definition) is 1. The Hall–Kier alpha value is -0.380. The number of thiophene rings is 1. The van der Waals surface area contributed by atoms with Crippen molar-refractivity contribution in [2.24, 2.45) is 5.73 Å². The molecular weight excluding hydrogens is 206 g/mol. The average molecular weight is 227 g/mol. The quantitative estimate of drug-likeness (QED) is 0.727. The molecule has 2 nitrogen and oxygen atoms in total. The van der Waals surface area contributed by atoms with E-state index in [9.17, 15) is 0 Å². The maximum absolute atomic E-state index is 6.13. The summed E-state index contributed by atoms with van der Waals surface area (Å²) in [6.07, 6.45) is 2.94. The summed E-state index contributed by atoms with van der Waals surface area (Å²) in [6, 6.07) is 2.14. The van der Waals surface area contributed by atoms with Crippen LogP contribution in [0.3, 0.4) is 0 Å². The van der Waals surface area contributed by atoms with E-state index in [0.29, 0.717) is 6.61 Å². The summed E-state index contributed by atoms with van der Waals surface area (Å²) in [4.78, 5) is 0. The van der Waals surface area contributed by atoms with E-state index in [4.69, 9.17) is 10.5 Å². The molecule has 3 heteroatoms. The molecule has 1 rings (SSSR count). The van der Waals surface area contributed by atoms with Gasteiger partial charge >= 0.3 is 0 Å². The third-order valence-electron chi connectivity index (χ3n) is 2.91. The fraction of sp³-hybridized carbons (Fsp3) is 0.667. The molecule has 0 radical (unpaired) electrons. The molecular formula is C12H21NOS. The smallest absolute Gasteiger partial charge is 0.0646 e. The van der Waals surface area contributed by atoms with Crippen molar-refractivity contribution >= 4 is 11.3 Å². The van der Waals surface area contributed by atoms with Gasteiger partial charge in [-0.25, -0.2) is 0 Å². The number of ether oxygens (including phenoxy) is 1. The van der Waals surface area contributed by atoms with Gasteiger partial charge in [-0.1, -0.05) is 13.8 Å². The molecule has 0 amide bonds.